The summed E-state index contributed by atoms with van der Waals surface area (Å²) in [4.78, 5) is 0. The molecule has 0 bridgehead atoms. The number of nitrogens with zero attached hydrogens (tertiary/aromatic N) is 2. The van der Waals surface area contributed by atoms with Gasteiger partial charge in [0.15, 0.2) is 5.75 Å². The maximum Gasteiger partial charge on any atom is 0.227 e. The normalized spacial score (nSPS) is 20.5. The van der Waals surface area contributed by atoms with Crippen LogP contribution in [0.2, 0.25) is 0 Å². The van der Waals surface area contributed by atoms with Gasteiger partial charge in [0.2, 0.25) is 10.0 Å². The molecular formula is C7H12N2O2S2. The molecule has 1 heterocycles. The molecule has 0 amide bonds. The lowest BCUT2D eigenvalue weighted by Crippen LogP contribution is -2.34. The lowest BCUT2D eigenvalue weighted by molar-refractivity contribution is 0.437. The number of sulfonamides is 1. The smallest absolute Gasteiger partial charge is 0.211 e. The minimum Gasteiger partial charge on any atom is -0.211 e. The van der Waals surface area contributed by atoms with E-state index in [9.17, 15) is 8.42 Å². The van der Waals surface area contributed by atoms with Crippen molar-refractivity contribution in [1.29, 1.82) is 5.26 Å². The molecule has 0 aromatic carbocycles. The van der Waals surface area contributed by atoms with Crippen LogP contribution in [0.5, 0.6) is 0 Å². The summed E-state index contributed by atoms with van der Waals surface area (Å²) < 4.78 is 24.3. The Morgan fingerprint density at radius 2 is 2.15 bits per heavy atom. The Kier molecular flexibility index (Phi) is 4.03. The van der Waals surface area contributed by atoms with Gasteiger partial charge in [0.05, 0.1) is 6.07 Å². The number of hydrogen-bond acceptors (Lipinski definition) is 4. The molecule has 1 aliphatic rings. The molecular weight excluding hydrogens is 208 g/mol. The first kappa shape index (κ1) is 10.8. The van der Waals surface area contributed by atoms with Crippen LogP contribution in [0.1, 0.15) is 6.42 Å². The van der Waals surface area contributed by atoms with Crippen LogP contribution in [0.4, 0.5) is 0 Å². The fraction of sp³-hybridized carbons (Fsp3) is 0.857. The first-order valence-corrected chi connectivity index (χ1v) is 6.86. The van der Waals surface area contributed by atoms with Gasteiger partial charge in [-0.25, -0.2) is 12.7 Å². The third kappa shape index (κ3) is 3.18. The van der Waals surface area contributed by atoms with Crippen LogP contribution in [0.15, 0.2) is 0 Å². The van der Waals surface area contributed by atoms with Gasteiger partial charge in [-0.15, -0.1) is 0 Å². The van der Waals surface area contributed by atoms with E-state index in [0.717, 1.165) is 17.9 Å². The molecule has 1 aliphatic heterocycles. The quantitative estimate of drug-likeness (QED) is 0.670. The average molecular weight is 220 g/mol. The second-order valence-electron chi connectivity index (χ2n) is 2.78. The Bertz CT molecular complexity index is 286. The molecule has 0 unspecified atom stereocenters. The van der Waals surface area contributed by atoms with Crippen LogP contribution >= 0.6 is 11.8 Å². The monoisotopic (exact) mass is 220 g/mol. The highest BCUT2D eigenvalue weighted by atomic mass is 32.2. The molecule has 0 aromatic heterocycles. The van der Waals surface area contributed by atoms with Crippen molar-refractivity contribution in [3.05, 3.63) is 0 Å². The zero-order chi connectivity index (χ0) is 9.73. The first-order valence-electron chi connectivity index (χ1n) is 4.09. The van der Waals surface area contributed by atoms with Gasteiger partial charge in [0.1, 0.15) is 0 Å². The van der Waals surface area contributed by atoms with E-state index in [1.54, 1.807) is 17.8 Å². The van der Waals surface area contributed by atoms with Crippen LogP contribution in [0.3, 0.4) is 0 Å². The molecule has 1 fully saturated rings. The zero-order valence-electron chi connectivity index (χ0n) is 7.27. The molecule has 0 spiro atoms. The van der Waals surface area contributed by atoms with Gasteiger partial charge in [-0.1, -0.05) is 0 Å². The van der Waals surface area contributed by atoms with Crippen molar-refractivity contribution in [1.82, 2.24) is 4.31 Å². The Balaban J connectivity index is 2.64. The summed E-state index contributed by atoms with van der Waals surface area (Å²) in [6, 6.07) is 1.69. The Labute approximate surface area is 83.0 Å². The Hall–Kier alpha value is -0.250. The van der Waals surface area contributed by atoms with E-state index < -0.39 is 15.8 Å². The predicted molar refractivity (Wildman–Crippen MR) is 52.9 cm³/mol. The summed E-state index contributed by atoms with van der Waals surface area (Å²) in [5.41, 5.74) is 0. The first-order chi connectivity index (χ1) is 6.17. The van der Waals surface area contributed by atoms with E-state index in [1.807, 2.05) is 0 Å². The van der Waals surface area contributed by atoms with E-state index in [2.05, 4.69) is 0 Å². The third-order valence-electron chi connectivity index (χ3n) is 1.82. The van der Waals surface area contributed by atoms with Crippen molar-refractivity contribution in [2.24, 2.45) is 0 Å². The minimum absolute atomic E-state index is 0.391. The van der Waals surface area contributed by atoms with Crippen molar-refractivity contribution >= 4 is 21.8 Å². The standard InChI is InChI=1S/C7H12N2O2S2/c8-2-7-13(10,11)9-3-1-5-12-6-4-9/h1,3-7H2. The van der Waals surface area contributed by atoms with E-state index in [1.165, 1.54) is 4.31 Å². The summed E-state index contributed by atoms with van der Waals surface area (Å²) in [6.07, 6.45) is 0.884. The molecule has 13 heavy (non-hydrogen) atoms. The summed E-state index contributed by atoms with van der Waals surface area (Å²) >= 11 is 1.76. The van der Waals surface area contributed by atoms with Crippen molar-refractivity contribution in [2.45, 2.75) is 6.42 Å². The van der Waals surface area contributed by atoms with Gasteiger partial charge in [0.25, 0.3) is 0 Å². The van der Waals surface area contributed by atoms with E-state index in [-0.39, 0.29) is 0 Å². The molecule has 4 nitrogen and oxygen atoms in total. The average Bonchev–Trinajstić information content (AvgIpc) is 2.31. The molecule has 0 radical (unpaired) electrons. The van der Waals surface area contributed by atoms with Crippen molar-refractivity contribution in [2.75, 3.05) is 30.3 Å². The molecule has 1 rings (SSSR count). The highest BCUT2D eigenvalue weighted by molar-refractivity contribution is 7.99. The van der Waals surface area contributed by atoms with Crippen LogP contribution in [-0.4, -0.2) is 43.1 Å². The molecule has 6 heteroatoms. The molecule has 0 aliphatic carbocycles. The van der Waals surface area contributed by atoms with E-state index in [4.69, 9.17) is 5.26 Å². The Morgan fingerprint density at radius 3 is 2.85 bits per heavy atom. The highest BCUT2D eigenvalue weighted by Gasteiger charge is 2.22. The lowest BCUT2D eigenvalue weighted by Gasteiger charge is -2.17. The highest BCUT2D eigenvalue weighted by Crippen LogP contribution is 2.13. The molecule has 0 N–H and O–H groups in total. The summed E-state index contributed by atoms with van der Waals surface area (Å²) in [7, 11) is -3.30. The van der Waals surface area contributed by atoms with Crippen LogP contribution < -0.4 is 0 Å². The fourth-order valence-electron chi connectivity index (χ4n) is 1.17. The van der Waals surface area contributed by atoms with Gasteiger partial charge in [-0.3, -0.25) is 0 Å². The molecule has 74 valence electrons. The van der Waals surface area contributed by atoms with Crippen LogP contribution in [-0.2, 0) is 10.0 Å². The number of hydrogen-bond donors (Lipinski definition) is 0. The van der Waals surface area contributed by atoms with Gasteiger partial charge in [0, 0.05) is 18.8 Å². The van der Waals surface area contributed by atoms with Crippen molar-refractivity contribution in [3.8, 4) is 6.07 Å². The topological polar surface area (TPSA) is 61.2 Å². The zero-order valence-corrected chi connectivity index (χ0v) is 8.90. The second-order valence-corrected chi connectivity index (χ2v) is 5.97. The maximum absolute atomic E-state index is 11.4. The van der Waals surface area contributed by atoms with Gasteiger partial charge >= 0.3 is 0 Å². The predicted octanol–water partition coefficient (Wildman–Crippen LogP) is 0.279. The van der Waals surface area contributed by atoms with Crippen LogP contribution in [0, 0.1) is 11.3 Å². The third-order valence-corrected chi connectivity index (χ3v) is 4.52. The van der Waals surface area contributed by atoms with E-state index >= 15 is 0 Å². The van der Waals surface area contributed by atoms with Gasteiger partial charge < -0.3 is 0 Å². The second kappa shape index (κ2) is 4.84. The molecule has 0 saturated carbocycles. The summed E-state index contributed by atoms with van der Waals surface area (Å²) in [5, 5.41) is 8.34. The molecule has 1 saturated heterocycles. The van der Waals surface area contributed by atoms with Gasteiger partial charge in [-0.2, -0.15) is 17.0 Å². The fourth-order valence-corrected chi connectivity index (χ4v) is 3.30. The minimum atomic E-state index is -3.30. The van der Waals surface area contributed by atoms with Crippen molar-refractivity contribution < 1.29 is 8.42 Å². The number of nitriles is 1. The van der Waals surface area contributed by atoms with Gasteiger partial charge in [-0.05, 0) is 12.2 Å². The van der Waals surface area contributed by atoms with E-state index in [0.29, 0.717) is 13.1 Å². The number of thioether (sulfide) groups is 1. The molecule has 0 atom stereocenters. The number of rotatable bonds is 2. The lowest BCUT2D eigenvalue weighted by atomic mass is 10.5. The van der Waals surface area contributed by atoms with Crippen molar-refractivity contribution in [3.63, 3.8) is 0 Å². The largest absolute Gasteiger partial charge is 0.227 e. The maximum atomic E-state index is 11.4. The summed E-state index contributed by atoms with van der Waals surface area (Å²) in [6.45, 7) is 1.12. The Morgan fingerprint density at radius 1 is 1.38 bits per heavy atom. The summed E-state index contributed by atoms with van der Waals surface area (Å²) in [5.74, 6) is 1.46. The SMILES string of the molecule is N#CCS(=O)(=O)N1CCCSCC1. The molecule has 0 aromatic rings. The van der Waals surface area contributed by atoms with Crippen LogP contribution in [0.25, 0.3) is 0 Å².